The van der Waals surface area contributed by atoms with Crippen LogP contribution in [0.15, 0.2) is 11.6 Å². The Bertz CT molecular complexity index is 395. The fourth-order valence-corrected chi connectivity index (χ4v) is 2.87. The lowest BCUT2D eigenvalue weighted by atomic mass is 10.0. The van der Waals surface area contributed by atoms with Gasteiger partial charge in [0, 0.05) is 32.2 Å². The molecule has 0 aromatic rings. The minimum atomic E-state index is -0.421. The second-order valence-corrected chi connectivity index (χ2v) is 7.32. The van der Waals surface area contributed by atoms with Gasteiger partial charge < -0.3 is 20.3 Å². The van der Waals surface area contributed by atoms with E-state index < -0.39 is 5.60 Å². The van der Waals surface area contributed by atoms with Gasteiger partial charge >= 0.3 is 6.09 Å². The number of carbonyl (C=O) groups is 1. The molecule has 2 aliphatic rings. The normalized spacial score (nSPS) is 23.1. The summed E-state index contributed by atoms with van der Waals surface area (Å²) in [5.41, 5.74) is 0.978. The van der Waals surface area contributed by atoms with E-state index in [-0.39, 0.29) is 6.09 Å². The third-order valence-corrected chi connectivity index (χ3v) is 4.11. The van der Waals surface area contributed by atoms with Crippen molar-refractivity contribution >= 4 is 6.09 Å². The summed E-state index contributed by atoms with van der Waals surface area (Å²) in [7, 11) is 0. The average Bonchev–Trinajstić information content (AvgIpc) is 2.47. The molecule has 0 aromatic carbocycles. The molecule has 5 nitrogen and oxygen atoms in total. The smallest absolute Gasteiger partial charge is 0.410 e. The number of piperidine rings is 1. The van der Waals surface area contributed by atoms with Crippen LogP contribution in [0.25, 0.3) is 0 Å². The summed E-state index contributed by atoms with van der Waals surface area (Å²) < 4.78 is 5.41. The van der Waals surface area contributed by atoms with Crippen LogP contribution >= 0.6 is 0 Å². The lowest BCUT2D eigenvalue weighted by molar-refractivity contribution is 0.0265. The maximum atomic E-state index is 12.0. The number of ether oxygens (including phenoxy) is 1. The topological polar surface area (TPSA) is 53.6 Å². The van der Waals surface area contributed by atoms with E-state index in [1.54, 1.807) is 4.90 Å². The molecule has 0 aromatic heterocycles. The fraction of sp³-hybridized carbons (Fsp3) is 0.824. The molecule has 1 fully saturated rings. The predicted molar refractivity (Wildman–Crippen MR) is 89.0 cm³/mol. The number of nitrogens with one attached hydrogen (secondary N) is 2. The van der Waals surface area contributed by atoms with Crippen LogP contribution in [0.4, 0.5) is 4.79 Å². The van der Waals surface area contributed by atoms with Gasteiger partial charge in [0.15, 0.2) is 0 Å². The van der Waals surface area contributed by atoms with E-state index in [1.165, 1.54) is 24.8 Å². The van der Waals surface area contributed by atoms with Crippen LogP contribution in [0.5, 0.6) is 0 Å². The highest BCUT2D eigenvalue weighted by Crippen LogP contribution is 2.15. The average molecular weight is 309 g/mol. The Kier molecular flexibility index (Phi) is 6.26. The Labute approximate surface area is 134 Å². The summed E-state index contributed by atoms with van der Waals surface area (Å²) in [6.07, 6.45) is 6.81. The molecule has 1 unspecified atom stereocenters. The van der Waals surface area contributed by atoms with E-state index >= 15 is 0 Å². The van der Waals surface area contributed by atoms with E-state index in [9.17, 15) is 4.79 Å². The molecule has 5 heteroatoms. The molecule has 2 N–H and O–H groups in total. The molecular formula is C17H31N3O2. The fourth-order valence-electron chi connectivity index (χ4n) is 2.87. The summed E-state index contributed by atoms with van der Waals surface area (Å²) in [4.78, 5) is 13.8. The quantitative estimate of drug-likeness (QED) is 0.782. The van der Waals surface area contributed by atoms with Crippen LogP contribution in [0.1, 0.15) is 46.5 Å². The Hall–Kier alpha value is -1.07. The second-order valence-electron chi connectivity index (χ2n) is 7.32. The van der Waals surface area contributed by atoms with Gasteiger partial charge in [-0.25, -0.2) is 4.79 Å². The van der Waals surface area contributed by atoms with Crippen molar-refractivity contribution in [3.8, 4) is 0 Å². The number of amides is 1. The minimum Gasteiger partial charge on any atom is -0.444 e. The van der Waals surface area contributed by atoms with E-state index in [1.807, 2.05) is 20.8 Å². The van der Waals surface area contributed by atoms with Crippen LogP contribution in [0.3, 0.4) is 0 Å². The number of carbonyl (C=O) groups excluding carboxylic acids is 1. The van der Waals surface area contributed by atoms with E-state index in [0.29, 0.717) is 12.6 Å². The van der Waals surface area contributed by atoms with Gasteiger partial charge in [-0.1, -0.05) is 18.1 Å². The third-order valence-electron chi connectivity index (χ3n) is 4.11. The SMILES string of the molecule is CC(C)(C)OC(=O)N1CC=C(CNCC2CCCCN2)CC1. The molecule has 0 saturated carbocycles. The number of nitrogens with zero attached hydrogens (tertiary/aromatic N) is 1. The van der Waals surface area contributed by atoms with Crippen molar-refractivity contribution < 1.29 is 9.53 Å². The van der Waals surface area contributed by atoms with Crippen LogP contribution in [-0.4, -0.2) is 55.4 Å². The zero-order valence-corrected chi connectivity index (χ0v) is 14.3. The minimum absolute atomic E-state index is 0.206. The number of rotatable bonds is 4. The summed E-state index contributed by atoms with van der Waals surface area (Å²) >= 11 is 0. The van der Waals surface area contributed by atoms with Crippen molar-refractivity contribution in [1.82, 2.24) is 15.5 Å². The second kappa shape index (κ2) is 7.97. The molecule has 2 aliphatic heterocycles. The standard InChI is InChI=1S/C17H31N3O2/c1-17(2,3)22-16(21)20-10-7-14(8-11-20)12-18-13-15-6-4-5-9-19-15/h7,15,18-19H,4-6,8-13H2,1-3H3. The Morgan fingerprint density at radius 1 is 1.45 bits per heavy atom. The van der Waals surface area contributed by atoms with Gasteiger partial charge in [-0.2, -0.15) is 0 Å². The first-order valence-electron chi connectivity index (χ1n) is 8.54. The van der Waals surface area contributed by atoms with Crippen molar-refractivity contribution in [2.45, 2.75) is 58.1 Å². The van der Waals surface area contributed by atoms with Crippen molar-refractivity contribution in [3.63, 3.8) is 0 Å². The van der Waals surface area contributed by atoms with Crippen LogP contribution < -0.4 is 10.6 Å². The summed E-state index contributed by atoms with van der Waals surface area (Å²) in [5.74, 6) is 0. The number of hydrogen-bond donors (Lipinski definition) is 2. The van der Waals surface area contributed by atoms with Gasteiger partial charge in [0.25, 0.3) is 0 Å². The van der Waals surface area contributed by atoms with Gasteiger partial charge in [0.2, 0.25) is 0 Å². The highest BCUT2D eigenvalue weighted by Gasteiger charge is 2.23. The van der Waals surface area contributed by atoms with Crippen molar-refractivity contribution in [3.05, 3.63) is 11.6 Å². The summed E-state index contributed by atoms with van der Waals surface area (Å²) in [6, 6.07) is 0.621. The molecule has 2 heterocycles. The van der Waals surface area contributed by atoms with Crippen molar-refractivity contribution in [2.75, 3.05) is 32.7 Å². The third kappa shape index (κ3) is 5.97. The molecule has 0 radical (unpaired) electrons. The van der Waals surface area contributed by atoms with Crippen molar-refractivity contribution in [1.29, 1.82) is 0 Å². The molecule has 1 amide bonds. The van der Waals surface area contributed by atoms with Gasteiger partial charge in [-0.15, -0.1) is 0 Å². The first-order chi connectivity index (χ1) is 10.4. The lowest BCUT2D eigenvalue weighted by Gasteiger charge is -2.30. The van der Waals surface area contributed by atoms with Gasteiger partial charge in [0.05, 0.1) is 0 Å². The highest BCUT2D eigenvalue weighted by atomic mass is 16.6. The largest absolute Gasteiger partial charge is 0.444 e. The zero-order chi connectivity index (χ0) is 16.0. The molecule has 0 bridgehead atoms. The first kappa shape index (κ1) is 17.3. The first-order valence-corrected chi connectivity index (χ1v) is 8.54. The van der Waals surface area contributed by atoms with E-state index in [0.717, 1.165) is 32.6 Å². The summed E-state index contributed by atoms with van der Waals surface area (Å²) in [6.45, 7) is 10.2. The highest BCUT2D eigenvalue weighted by molar-refractivity contribution is 5.68. The van der Waals surface area contributed by atoms with Crippen LogP contribution in [0, 0.1) is 0 Å². The Balaban J connectivity index is 1.66. The monoisotopic (exact) mass is 309 g/mol. The Morgan fingerprint density at radius 2 is 2.27 bits per heavy atom. The van der Waals surface area contributed by atoms with Gasteiger partial charge in [0.1, 0.15) is 5.60 Å². The van der Waals surface area contributed by atoms with Crippen LogP contribution in [0.2, 0.25) is 0 Å². The maximum Gasteiger partial charge on any atom is 0.410 e. The number of hydrogen-bond acceptors (Lipinski definition) is 4. The van der Waals surface area contributed by atoms with Gasteiger partial charge in [-0.05, 0) is 46.6 Å². The summed E-state index contributed by atoms with van der Waals surface area (Å²) in [5, 5.41) is 7.09. The zero-order valence-electron chi connectivity index (χ0n) is 14.3. The molecular weight excluding hydrogens is 278 g/mol. The van der Waals surface area contributed by atoms with Gasteiger partial charge in [-0.3, -0.25) is 0 Å². The molecule has 0 aliphatic carbocycles. The molecule has 2 rings (SSSR count). The van der Waals surface area contributed by atoms with Crippen molar-refractivity contribution in [2.24, 2.45) is 0 Å². The Morgan fingerprint density at radius 3 is 2.86 bits per heavy atom. The molecule has 126 valence electrons. The molecule has 1 saturated heterocycles. The lowest BCUT2D eigenvalue weighted by Crippen LogP contribution is -2.43. The molecule has 0 spiro atoms. The molecule has 1 atom stereocenters. The predicted octanol–water partition coefficient (Wildman–Crippen LogP) is 2.29. The van der Waals surface area contributed by atoms with Crippen LogP contribution in [-0.2, 0) is 4.74 Å². The van der Waals surface area contributed by atoms with E-state index in [2.05, 4.69) is 16.7 Å². The molecule has 22 heavy (non-hydrogen) atoms. The van der Waals surface area contributed by atoms with E-state index in [4.69, 9.17) is 4.74 Å². The maximum absolute atomic E-state index is 12.0.